The van der Waals surface area contributed by atoms with Gasteiger partial charge >= 0.3 is 0 Å². The van der Waals surface area contributed by atoms with Crippen molar-refractivity contribution in [2.24, 2.45) is 0 Å². The first-order chi connectivity index (χ1) is 7.43. The van der Waals surface area contributed by atoms with Crippen molar-refractivity contribution in [2.45, 2.75) is 25.3 Å². The molecule has 1 fully saturated rings. The van der Waals surface area contributed by atoms with Crippen molar-refractivity contribution in [2.75, 3.05) is 25.0 Å². The van der Waals surface area contributed by atoms with Crippen LogP contribution < -0.4 is 5.32 Å². The third-order valence-electron chi connectivity index (χ3n) is 3.66. The highest BCUT2D eigenvalue weighted by molar-refractivity contribution is 5.53. The Balaban J connectivity index is 1.76. The normalized spacial score (nSPS) is 26.0. The van der Waals surface area contributed by atoms with E-state index < -0.39 is 0 Å². The third-order valence-corrected chi connectivity index (χ3v) is 3.66. The SMILES string of the molecule is c1ccc2c(c1)CC(N1CCCC1)CN2. The molecule has 1 aromatic carbocycles. The molecule has 0 aromatic heterocycles. The van der Waals surface area contributed by atoms with E-state index in [0.29, 0.717) is 0 Å². The number of benzene rings is 1. The lowest BCUT2D eigenvalue weighted by atomic mass is 9.99. The van der Waals surface area contributed by atoms with E-state index >= 15 is 0 Å². The van der Waals surface area contributed by atoms with Crippen LogP contribution in [0.5, 0.6) is 0 Å². The summed E-state index contributed by atoms with van der Waals surface area (Å²) in [6.45, 7) is 3.72. The van der Waals surface area contributed by atoms with Gasteiger partial charge in [0.2, 0.25) is 0 Å². The zero-order valence-electron chi connectivity index (χ0n) is 9.08. The molecule has 2 aliphatic heterocycles. The minimum atomic E-state index is 0.724. The molecular weight excluding hydrogens is 184 g/mol. The van der Waals surface area contributed by atoms with Crippen LogP contribution in [0.3, 0.4) is 0 Å². The molecule has 2 heteroatoms. The number of para-hydroxylation sites is 1. The average Bonchev–Trinajstić information content (AvgIpc) is 2.82. The molecule has 0 spiro atoms. The summed E-state index contributed by atoms with van der Waals surface area (Å²) >= 11 is 0. The first kappa shape index (κ1) is 9.22. The summed E-state index contributed by atoms with van der Waals surface area (Å²) in [7, 11) is 0. The van der Waals surface area contributed by atoms with Gasteiger partial charge in [0.25, 0.3) is 0 Å². The van der Waals surface area contributed by atoms with Gasteiger partial charge in [0, 0.05) is 18.3 Å². The van der Waals surface area contributed by atoms with Gasteiger partial charge in [0.15, 0.2) is 0 Å². The summed E-state index contributed by atoms with van der Waals surface area (Å²) in [6.07, 6.45) is 4.00. The van der Waals surface area contributed by atoms with Gasteiger partial charge < -0.3 is 5.32 Å². The number of rotatable bonds is 1. The van der Waals surface area contributed by atoms with E-state index in [1.54, 1.807) is 0 Å². The molecule has 15 heavy (non-hydrogen) atoms. The number of fused-ring (bicyclic) bond motifs is 1. The van der Waals surface area contributed by atoms with Crippen LogP contribution in [0.2, 0.25) is 0 Å². The maximum Gasteiger partial charge on any atom is 0.0373 e. The quantitative estimate of drug-likeness (QED) is 0.750. The van der Waals surface area contributed by atoms with Crippen LogP contribution in [0.4, 0.5) is 5.69 Å². The lowest BCUT2D eigenvalue weighted by Gasteiger charge is -2.32. The van der Waals surface area contributed by atoms with Crippen LogP contribution in [0.15, 0.2) is 24.3 Å². The Morgan fingerprint density at radius 2 is 1.93 bits per heavy atom. The molecule has 1 N–H and O–H groups in total. The molecule has 1 atom stereocenters. The Kier molecular flexibility index (Phi) is 2.37. The maximum atomic E-state index is 3.55. The smallest absolute Gasteiger partial charge is 0.0373 e. The van der Waals surface area contributed by atoms with Crippen LogP contribution in [0, 0.1) is 0 Å². The molecule has 2 nitrogen and oxygen atoms in total. The highest BCUT2D eigenvalue weighted by Gasteiger charge is 2.25. The zero-order valence-corrected chi connectivity index (χ0v) is 9.08. The van der Waals surface area contributed by atoms with E-state index in [0.717, 1.165) is 12.6 Å². The summed E-state index contributed by atoms with van der Waals surface area (Å²) in [6, 6.07) is 9.43. The fourth-order valence-corrected chi connectivity index (χ4v) is 2.79. The molecule has 1 unspecified atom stereocenters. The van der Waals surface area contributed by atoms with Crippen LogP contribution in [0.1, 0.15) is 18.4 Å². The first-order valence-electron chi connectivity index (χ1n) is 5.99. The molecule has 0 amide bonds. The molecule has 80 valence electrons. The Bertz CT molecular complexity index is 342. The largest absolute Gasteiger partial charge is 0.383 e. The van der Waals surface area contributed by atoms with E-state index in [9.17, 15) is 0 Å². The molecule has 0 saturated carbocycles. The molecule has 3 rings (SSSR count). The Labute approximate surface area is 91.3 Å². The second-order valence-corrected chi connectivity index (χ2v) is 4.64. The predicted molar refractivity (Wildman–Crippen MR) is 63.2 cm³/mol. The second kappa shape index (κ2) is 3.86. The summed E-state index contributed by atoms with van der Waals surface area (Å²) in [5.74, 6) is 0. The van der Waals surface area contributed by atoms with Gasteiger partial charge in [-0.1, -0.05) is 18.2 Å². The van der Waals surface area contributed by atoms with E-state index in [1.807, 2.05) is 0 Å². The van der Waals surface area contributed by atoms with Crippen molar-refractivity contribution in [3.8, 4) is 0 Å². The average molecular weight is 202 g/mol. The van der Waals surface area contributed by atoms with Crippen LogP contribution in [-0.2, 0) is 6.42 Å². The molecule has 0 bridgehead atoms. The zero-order chi connectivity index (χ0) is 10.1. The van der Waals surface area contributed by atoms with Crippen molar-refractivity contribution >= 4 is 5.69 Å². The summed E-state index contributed by atoms with van der Waals surface area (Å²) < 4.78 is 0. The van der Waals surface area contributed by atoms with Gasteiger partial charge in [0.05, 0.1) is 0 Å². The fraction of sp³-hybridized carbons (Fsp3) is 0.538. The predicted octanol–water partition coefficient (Wildman–Crippen LogP) is 2.12. The van der Waals surface area contributed by atoms with E-state index in [4.69, 9.17) is 0 Å². The van der Waals surface area contributed by atoms with E-state index in [2.05, 4.69) is 34.5 Å². The monoisotopic (exact) mass is 202 g/mol. The molecule has 0 aliphatic carbocycles. The number of anilines is 1. The van der Waals surface area contributed by atoms with Crippen LogP contribution >= 0.6 is 0 Å². The summed E-state index contributed by atoms with van der Waals surface area (Å²) in [5.41, 5.74) is 2.83. The number of likely N-dealkylation sites (tertiary alicyclic amines) is 1. The van der Waals surface area contributed by atoms with Gasteiger partial charge in [-0.15, -0.1) is 0 Å². The number of nitrogens with one attached hydrogen (secondary N) is 1. The first-order valence-corrected chi connectivity index (χ1v) is 5.99. The number of nitrogens with zero attached hydrogens (tertiary/aromatic N) is 1. The number of hydrogen-bond donors (Lipinski definition) is 1. The van der Waals surface area contributed by atoms with Crippen molar-refractivity contribution in [1.29, 1.82) is 0 Å². The highest BCUT2D eigenvalue weighted by Crippen LogP contribution is 2.25. The van der Waals surface area contributed by atoms with Crippen molar-refractivity contribution < 1.29 is 0 Å². The second-order valence-electron chi connectivity index (χ2n) is 4.64. The van der Waals surface area contributed by atoms with Gasteiger partial charge in [-0.25, -0.2) is 0 Å². The van der Waals surface area contributed by atoms with Gasteiger partial charge in [0.1, 0.15) is 0 Å². The topological polar surface area (TPSA) is 15.3 Å². The van der Waals surface area contributed by atoms with Gasteiger partial charge in [-0.05, 0) is 44.0 Å². The molecule has 1 aromatic rings. The Hall–Kier alpha value is -1.02. The van der Waals surface area contributed by atoms with E-state index in [-0.39, 0.29) is 0 Å². The van der Waals surface area contributed by atoms with Crippen LogP contribution in [0.25, 0.3) is 0 Å². The molecule has 0 radical (unpaired) electrons. The Morgan fingerprint density at radius 1 is 1.13 bits per heavy atom. The third kappa shape index (κ3) is 1.74. The maximum absolute atomic E-state index is 3.55. The van der Waals surface area contributed by atoms with Gasteiger partial charge in [-0.2, -0.15) is 0 Å². The summed E-state index contributed by atoms with van der Waals surface area (Å²) in [5, 5.41) is 3.55. The fourth-order valence-electron chi connectivity index (χ4n) is 2.79. The van der Waals surface area contributed by atoms with Crippen molar-refractivity contribution in [3.63, 3.8) is 0 Å². The molecule has 1 saturated heterocycles. The molecular formula is C13H18N2. The van der Waals surface area contributed by atoms with Crippen LogP contribution in [-0.4, -0.2) is 30.6 Å². The summed E-state index contributed by atoms with van der Waals surface area (Å²) in [4.78, 5) is 2.64. The Morgan fingerprint density at radius 3 is 2.80 bits per heavy atom. The number of hydrogen-bond acceptors (Lipinski definition) is 2. The highest BCUT2D eigenvalue weighted by atomic mass is 15.2. The van der Waals surface area contributed by atoms with Crippen molar-refractivity contribution in [3.05, 3.63) is 29.8 Å². The lowest BCUT2D eigenvalue weighted by Crippen LogP contribution is -2.42. The van der Waals surface area contributed by atoms with Gasteiger partial charge in [-0.3, -0.25) is 4.90 Å². The minimum Gasteiger partial charge on any atom is -0.383 e. The molecule has 2 aliphatic rings. The molecule has 2 heterocycles. The standard InChI is InChI=1S/C13H18N2/c1-2-6-13-11(5-1)9-12(10-14-13)15-7-3-4-8-15/h1-2,5-6,12,14H,3-4,7-10H2. The minimum absolute atomic E-state index is 0.724. The van der Waals surface area contributed by atoms with Crippen molar-refractivity contribution in [1.82, 2.24) is 4.90 Å². The van der Waals surface area contributed by atoms with E-state index in [1.165, 1.54) is 43.6 Å². The lowest BCUT2D eigenvalue weighted by molar-refractivity contribution is 0.247.